The lowest BCUT2D eigenvalue weighted by Gasteiger charge is -2.17. The minimum atomic E-state index is -1.61. The molecule has 0 fully saturated rings. The summed E-state index contributed by atoms with van der Waals surface area (Å²) in [5.41, 5.74) is 22.6. The molecule has 5 rings (SSSR count). The summed E-state index contributed by atoms with van der Waals surface area (Å²) in [6, 6.07) is 17.8. The number of rotatable bonds is 2. The van der Waals surface area contributed by atoms with Crippen molar-refractivity contribution in [3.8, 4) is 45.4 Å². The van der Waals surface area contributed by atoms with Crippen LogP contribution >= 0.6 is 0 Å². The van der Waals surface area contributed by atoms with E-state index < -0.39 is 16.1 Å². The van der Waals surface area contributed by atoms with Crippen molar-refractivity contribution in [2.75, 3.05) is 0 Å². The summed E-state index contributed by atoms with van der Waals surface area (Å²) in [6.45, 7) is 26.7. The second-order valence-corrected chi connectivity index (χ2v) is 24.0. The van der Waals surface area contributed by atoms with Crippen molar-refractivity contribution in [2.45, 2.75) is 80.8 Å². The molecule has 2 nitrogen and oxygen atoms in total. The van der Waals surface area contributed by atoms with E-state index >= 15 is 0 Å². The maximum absolute atomic E-state index is 5.46. The Labute approximate surface area is 266 Å². The van der Waals surface area contributed by atoms with Crippen LogP contribution in [0.1, 0.15) is 44.5 Å². The minimum absolute atomic E-state index is 0.906. The lowest BCUT2D eigenvalue weighted by molar-refractivity contribution is 1.27. The molecule has 2 aromatic heterocycles. The van der Waals surface area contributed by atoms with E-state index in [0.717, 1.165) is 55.4 Å². The molecule has 0 aliphatic rings. The lowest BCUT2D eigenvalue weighted by atomic mass is 9.92. The molecule has 0 aliphatic carbocycles. The Kier molecular flexibility index (Phi) is 8.23. The van der Waals surface area contributed by atoms with E-state index in [1.165, 1.54) is 33.4 Å². The highest BCUT2D eigenvalue weighted by molar-refractivity contribution is 6.84. The van der Waals surface area contributed by atoms with Gasteiger partial charge in [0.15, 0.2) is 0 Å². The number of fused-ring (bicyclic) bond motifs is 3. The molecule has 5 aromatic rings. The van der Waals surface area contributed by atoms with Crippen LogP contribution in [0.3, 0.4) is 0 Å². The Morgan fingerprint density at radius 1 is 0.477 bits per heavy atom. The normalized spacial score (nSPS) is 11.7. The SMILES string of the molecule is Cc1cc(C)c(-c2nc3c(ccc4cc(C#C[Si](C)(C)C)c(-c5c(C)cc(C)cc5C)nc43)cc2C#C[Si](C)(C)C)c(C)c1. The number of hydrogen-bond acceptors (Lipinski definition) is 2. The van der Waals surface area contributed by atoms with Gasteiger partial charge >= 0.3 is 0 Å². The molecule has 0 radical (unpaired) electrons. The molecule has 0 spiro atoms. The largest absolute Gasteiger partial charge is 0.244 e. The zero-order valence-corrected chi connectivity index (χ0v) is 30.5. The van der Waals surface area contributed by atoms with Gasteiger partial charge in [0.05, 0.1) is 33.5 Å². The van der Waals surface area contributed by atoms with Gasteiger partial charge in [-0.3, -0.25) is 0 Å². The number of pyridine rings is 2. The monoisotopic (exact) mass is 608 g/mol. The van der Waals surface area contributed by atoms with Crippen LogP contribution in [-0.2, 0) is 0 Å². The number of nitrogens with zero attached hydrogens (tertiary/aromatic N) is 2. The van der Waals surface area contributed by atoms with Crippen LogP contribution in [0.5, 0.6) is 0 Å². The molecule has 0 saturated carbocycles. The zero-order chi connectivity index (χ0) is 32.1. The third-order valence-electron chi connectivity index (χ3n) is 7.74. The third kappa shape index (κ3) is 6.58. The van der Waals surface area contributed by atoms with Crippen LogP contribution in [0.25, 0.3) is 44.3 Å². The highest BCUT2D eigenvalue weighted by atomic mass is 28.3. The fraction of sp³-hybridized carbons (Fsp3) is 0.300. The Bertz CT molecular complexity index is 1900. The molecule has 0 aliphatic heterocycles. The van der Waals surface area contributed by atoms with Gasteiger partial charge in [-0.25, -0.2) is 9.97 Å². The first kappa shape index (κ1) is 31.5. The van der Waals surface area contributed by atoms with Gasteiger partial charge < -0.3 is 0 Å². The van der Waals surface area contributed by atoms with Crippen molar-refractivity contribution in [2.24, 2.45) is 0 Å². The van der Waals surface area contributed by atoms with E-state index in [-0.39, 0.29) is 0 Å². The van der Waals surface area contributed by atoms with E-state index in [9.17, 15) is 0 Å². The van der Waals surface area contributed by atoms with Gasteiger partial charge in [-0.1, -0.05) is 98.6 Å². The van der Waals surface area contributed by atoms with Crippen molar-refractivity contribution in [1.82, 2.24) is 9.97 Å². The summed E-state index contributed by atoms with van der Waals surface area (Å²) in [6.07, 6.45) is 0. The van der Waals surface area contributed by atoms with Crippen LogP contribution in [0.4, 0.5) is 0 Å². The first-order chi connectivity index (χ1) is 20.5. The highest BCUT2D eigenvalue weighted by Gasteiger charge is 2.19. The van der Waals surface area contributed by atoms with Crippen LogP contribution in [0.2, 0.25) is 39.3 Å². The Balaban J connectivity index is 1.92. The predicted molar refractivity (Wildman–Crippen MR) is 197 cm³/mol. The maximum Gasteiger partial charge on any atom is 0.129 e. The van der Waals surface area contributed by atoms with Gasteiger partial charge in [0.25, 0.3) is 0 Å². The molecule has 222 valence electrons. The Hall–Kier alpha value is -3.97. The second kappa shape index (κ2) is 11.5. The Morgan fingerprint density at radius 3 is 1.09 bits per heavy atom. The van der Waals surface area contributed by atoms with Crippen LogP contribution in [0, 0.1) is 64.5 Å². The summed E-state index contributed by atoms with van der Waals surface area (Å²) < 4.78 is 0. The van der Waals surface area contributed by atoms with Crippen molar-refractivity contribution in [1.29, 1.82) is 0 Å². The van der Waals surface area contributed by atoms with Crippen molar-refractivity contribution in [3.05, 3.63) is 93.0 Å². The fourth-order valence-corrected chi connectivity index (χ4v) is 7.08. The Morgan fingerprint density at radius 2 is 0.795 bits per heavy atom. The van der Waals surface area contributed by atoms with E-state index in [1.54, 1.807) is 0 Å². The number of benzene rings is 3. The van der Waals surface area contributed by atoms with Gasteiger partial charge in [0.2, 0.25) is 0 Å². The zero-order valence-electron chi connectivity index (χ0n) is 28.5. The van der Waals surface area contributed by atoms with Crippen molar-refractivity contribution in [3.63, 3.8) is 0 Å². The molecular weight excluding hydrogens is 565 g/mol. The molecule has 2 heterocycles. The molecule has 0 amide bonds. The van der Waals surface area contributed by atoms with Crippen LogP contribution in [-0.4, -0.2) is 26.1 Å². The van der Waals surface area contributed by atoms with E-state index in [4.69, 9.17) is 9.97 Å². The van der Waals surface area contributed by atoms with E-state index in [1.807, 2.05) is 0 Å². The number of hydrogen-bond donors (Lipinski definition) is 0. The average molecular weight is 609 g/mol. The fourth-order valence-electron chi connectivity index (χ4n) is 6.06. The predicted octanol–water partition coefficient (Wildman–Crippen LogP) is 10.4. The first-order valence-electron chi connectivity index (χ1n) is 15.5. The number of aromatic nitrogens is 2. The molecule has 0 bridgehead atoms. The molecule has 44 heavy (non-hydrogen) atoms. The highest BCUT2D eigenvalue weighted by Crippen LogP contribution is 2.36. The summed E-state index contributed by atoms with van der Waals surface area (Å²) in [4.78, 5) is 10.9. The smallest absolute Gasteiger partial charge is 0.129 e. The summed E-state index contributed by atoms with van der Waals surface area (Å²) in [7, 11) is -3.22. The average Bonchev–Trinajstić information content (AvgIpc) is 2.88. The quantitative estimate of drug-likeness (QED) is 0.113. The lowest BCUT2D eigenvalue weighted by Crippen LogP contribution is -2.16. The van der Waals surface area contributed by atoms with Gasteiger partial charge in [0.1, 0.15) is 16.1 Å². The third-order valence-corrected chi connectivity index (χ3v) is 9.49. The molecule has 0 N–H and O–H groups in total. The van der Waals surface area contributed by atoms with E-state index in [2.05, 4.69) is 152 Å². The van der Waals surface area contributed by atoms with Crippen LogP contribution < -0.4 is 0 Å². The van der Waals surface area contributed by atoms with Crippen molar-refractivity contribution < 1.29 is 0 Å². The molecular formula is C40H44N2Si2. The summed E-state index contributed by atoms with van der Waals surface area (Å²) >= 11 is 0. The van der Waals surface area contributed by atoms with Crippen molar-refractivity contribution >= 4 is 38.0 Å². The topological polar surface area (TPSA) is 25.8 Å². The van der Waals surface area contributed by atoms with Gasteiger partial charge in [-0.15, -0.1) is 11.1 Å². The van der Waals surface area contributed by atoms with Crippen LogP contribution in [0.15, 0.2) is 48.5 Å². The van der Waals surface area contributed by atoms with Gasteiger partial charge in [0, 0.05) is 21.9 Å². The molecule has 3 aromatic carbocycles. The van der Waals surface area contributed by atoms with Gasteiger partial charge in [-0.2, -0.15) is 0 Å². The van der Waals surface area contributed by atoms with E-state index in [0.29, 0.717) is 0 Å². The van der Waals surface area contributed by atoms with Gasteiger partial charge in [-0.05, 0) is 75.9 Å². The molecule has 4 heteroatoms. The molecule has 0 saturated heterocycles. The molecule has 0 atom stereocenters. The number of aryl methyl sites for hydroxylation is 6. The molecule has 0 unspecified atom stereocenters. The summed E-state index contributed by atoms with van der Waals surface area (Å²) in [5.74, 6) is 7.15. The first-order valence-corrected chi connectivity index (χ1v) is 22.5. The maximum atomic E-state index is 5.46. The standard InChI is InChI=1S/C40H44N2Si2/c1-25-19-27(3)35(28(4)20-25)37-33(15-17-43(7,8)9)23-31-13-14-32-24-34(16-18-44(10,11)12)38(42-40(32)39(31)41-37)36-29(5)21-26(2)22-30(36)6/h13-14,19-24H,1-12H3. The summed E-state index contributed by atoms with van der Waals surface area (Å²) in [5, 5.41) is 2.11. The second-order valence-electron chi connectivity index (χ2n) is 14.5. The minimum Gasteiger partial charge on any atom is -0.244 e.